The molecule has 19 heavy (non-hydrogen) atoms. The van der Waals surface area contributed by atoms with Crippen molar-refractivity contribution in [3.63, 3.8) is 0 Å². The molecule has 0 saturated carbocycles. The van der Waals surface area contributed by atoms with Crippen LogP contribution in [0.25, 0.3) is 17.2 Å². The Morgan fingerprint density at radius 3 is 2.84 bits per heavy atom. The minimum atomic E-state index is -0.304. The highest BCUT2D eigenvalue weighted by Crippen LogP contribution is 2.18. The minimum absolute atomic E-state index is 0.304. The van der Waals surface area contributed by atoms with Gasteiger partial charge in [0.25, 0.3) is 0 Å². The van der Waals surface area contributed by atoms with E-state index in [4.69, 9.17) is 4.42 Å². The van der Waals surface area contributed by atoms with Gasteiger partial charge in [-0.3, -0.25) is 0 Å². The molecule has 3 aromatic rings. The highest BCUT2D eigenvalue weighted by molar-refractivity contribution is 5.52. The number of nitrogens with one attached hydrogen (secondary N) is 1. The highest BCUT2D eigenvalue weighted by Gasteiger charge is 2.15. The third kappa shape index (κ3) is 1.97. The van der Waals surface area contributed by atoms with Crippen molar-refractivity contribution in [1.29, 1.82) is 0 Å². The summed E-state index contributed by atoms with van der Waals surface area (Å²) in [6.45, 7) is 3.71. The van der Waals surface area contributed by atoms with Crippen LogP contribution in [-0.2, 0) is 0 Å². The van der Waals surface area contributed by atoms with E-state index in [0.29, 0.717) is 17.4 Å². The minimum Gasteiger partial charge on any atom is -0.449 e. The van der Waals surface area contributed by atoms with Gasteiger partial charge in [-0.05, 0) is 24.6 Å². The van der Waals surface area contributed by atoms with E-state index >= 15 is 0 Å². The van der Waals surface area contributed by atoms with Gasteiger partial charge >= 0.3 is 5.69 Å². The Morgan fingerprint density at radius 1 is 1.32 bits per heavy atom. The Morgan fingerprint density at radius 2 is 2.16 bits per heavy atom. The Bertz CT molecular complexity index is 782. The third-order valence-electron chi connectivity index (χ3n) is 2.78. The molecule has 0 bridgehead atoms. The van der Waals surface area contributed by atoms with E-state index in [2.05, 4.69) is 15.2 Å². The van der Waals surface area contributed by atoms with E-state index in [0.717, 1.165) is 11.3 Å². The fourth-order valence-corrected chi connectivity index (χ4v) is 1.94. The molecule has 2 aromatic heterocycles. The molecule has 0 unspecified atom stereocenters. The van der Waals surface area contributed by atoms with Crippen molar-refractivity contribution >= 4 is 0 Å². The number of benzene rings is 1. The smallest absolute Gasteiger partial charge is 0.348 e. The Kier molecular flexibility index (Phi) is 2.56. The molecular weight excluding hydrogens is 244 g/mol. The van der Waals surface area contributed by atoms with Crippen LogP contribution in [0.4, 0.5) is 0 Å². The summed E-state index contributed by atoms with van der Waals surface area (Å²) in [7, 11) is 0. The molecule has 0 aliphatic heterocycles. The topological polar surface area (TPSA) is 76.7 Å². The first-order chi connectivity index (χ1) is 9.15. The van der Waals surface area contributed by atoms with Crippen LogP contribution in [0.5, 0.6) is 0 Å². The van der Waals surface area contributed by atoms with Crippen LogP contribution in [0.15, 0.2) is 39.7 Å². The van der Waals surface area contributed by atoms with Gasteiger partial charge < -0.3 is 4.42 Å². The normalized spacial score (nSPS) is 10.8. The van der Waals surface area contributed by atoms with E-state index in [1.54, 1.807) is 6.92 Å². The zero-order valence-corrected chi connectivity index (χ0v) is 10.5. The Balaban J connectivity index is 2.22. The monoisotopic (exact) mass is 256 g/mol. The largest absolute Gasteiger partial charge is 0.449 e. The van der Waals surface area contributed by atoms with Crippen molar-refractivity contribution in [2.24, 2.45) is 0 Å². The molecule has 0 aliphatic rings. The summed E-state index contributed by atoms with van der Waals surface area (Å²) in [5.41, 5.74) is 2.03. The van der Waals surface area contributed by atoms with Crippen LogP contribution in [0.1, 0.15) is 11.5 Å². The molecular formula is C13H12N4O2. The molecule has 0 amide bonds. The quantitative estimate of drug-likeness (QED) is 0.758. The number of aromatic amines is 1. The summed E-state index contributed by atoms with van der Waals surface area (Å²) in [6, 6.07) is 7.62. The van der Waals surface area contributed by atoms with Gasteiger partial charge in [0, 0.05) is 6.92 Å². The lowest BCUT2D eigenvalue weighted by Crippen LogP contribution is -2.15. The standard InChI is InChI=1S/C13H12N4O2/c1-8-4-3-5-10(6-8)17-12(15-16-13(17)18)11-7-19-9(2)14-11/h3-7H,1-2H3,(H,16,18). The fourth-order valence-electron chi connectivity index (χ4n) is 1.94. The molecule has 6 nitrogen and oxygen atoms in total. The molecule has 0 saturated heterocycles. The number of hydrogen-bond acceptors (Lipinski definition) is 4. The number of H-pyrrole nitrogens is 1. The first-order valence-corrected chi connectivity index (χ1v) is 5.82. The van der Waals surface area contributed by atoms with E-state index in [9.17, 15) is 4.79 Å². The second-order valence-corrected chi connectivity index (χ2v) is 4.28. The SMILES string of the molecule is Cc1cccc(-n2c(-c3coc(C)n3)n[nH]c2=O)c1. The van der Waals surface area contributed by atoms with E-state index in [1.165, 1.54) is 10.8 Å². The van der Waals surface area contributed by atoms with Crippen molar-refractivity contribution < 1.29 is 4.42 Å². The molecule has 3 rings (SSSR count). The van der Waals surface area contributed by atoms with Crippen LogP contribution in [-0.4, -0.2) is 19.7 Å². The summed E-state index contributed by atoms with van der Waals surface area (Å²) in [6.07, 6.45) is 1.48. The molecule has 0 atom stereocenters. The number of aromatic nitrogens is 4. The number of rotatable bonds is 2. The zero-order valence-electron chi connectivity index (χ0n) is 10.5. The lowest BCUT2D eigenvalue weighted by molar-refractivity contribution is 0.521. The average molecular weight is 256 g/mol. The van der Waals surface area contributed by atoms with Gasteiger partial charge in [-0.25, -0.2) is 19.4 Å². The van der Waals surface area contributed by atoms with Crippen LogP contribution in [0, 0.1) is 13.8 Å². The molecule has 6 heteroatoms. The zero-order chi connectivity index (χ0) is 13.4. The molecule has 0 aliphatic carbocycles. The summed E-state index contributed by atoms with van der Waals surface area (Å²) >= 11 is 0. The van der Waals surface area contributed by atoms with Gasteiger partial charge in [-0.15, -0.1) is 0 Å². The molecule has 1 N–H and O–H groups in total. The van der Waals surface area contributed by atoms with Crippen molar-refractivity contribution in [2.45, 2.75) is 13.8 Å². The van der Waals surface area contributed by atoms with E-state index < -0.39 is 0 Å². The van der Waals surface area contributed by atoms with Crippen molar-refractivity contribution in [1.82, 2.24) is 19.7 Å². The first kappa shape index (κ1) is 11.5. The van der Waals surface area contributed by atoms with Gasteiger partial charge in [0.1, 0.15) is 12.0 Å². The second-order valence-electron chi connectivity index (χ2n) is 4.28. The van der Waals surface area contributed by atoms with Gasteiger partial charge in [0.05, 0.1) is 5.69 Å². The highest BCUT2D eigenvalue weighted by atomic mass is 16.3. The molecule has 96 valence electrons. The van der Waals surface area contributed by atoms with E-state index in [-0.39, 0.29) is 5.69 Å². The molecule has 0 spiro atoms. The van der Waals surface area contributed by atoms with Crippen LogP contribution >= 0.6 is 0 Å². The molecule has 0 fully saturated rings. The number of aryl methyl sites for hydroxylation is 2. The maximum atomic E-state index is 11.9. The summed E-state index contributed by atoms with van der Waals surface area (Å²) in [5, 5.41) is 6.45. The maximum absolute atomic E-state index is 11.9. The van der Waals surface area contributed by atoms with Crippen LogP contribution < -0.4 is 5.69 Å². The van der Waals surface area contributed by atoms with Gasteiger partial charge in [-0.1, -0.05) is 12.1 Å². The second kappa shape index (κ2) is 4.24. The van der Waals surface area contributed by atoms with Crippen molar-refractivity contribution in [2.75, 3.05) is 0 Å². The number of hydrogen-bond donors (Lipinski definition) is 1. The number of oxazole rings is 1. The summed E-state index contributed by atoms with van der Waals surface area (Å²) in [5.74, 6) is 0.966. The third-order valence-corrected chi connectivity index (χ3v) is 2.78. The first-order valence-electron chi connectivity index (χ1n) is 5.82. The van der Waals surface area contributed by atoms with Gasteiger partial charge in [0.15, 0.2) is 11.7 Å². The van der Waals surface area contributed by atoms with Crippen molar-refractivity contribution in [3.05, 3.63) is 52.5 Å². The average Bonchev–Trinajstić information content (AvgIpc) is 2.95. The summed E-state index contributed by atoms with van der Waals surface area (Å²) < 4.78 is 6.64. The maximum Gasteiger partial charge on any atom is 0.348 e. The van der Waals surface area contributed by atoms with Gasteiger partial charge in [-0.2, -0.15) is 5.10 Å². The van der Waals surface area contributed by atoms with Crippen LogP contribution in [0.3, 0.4) is 0 Å². The summed E-state index contributed by atoms with van der Waals surface area (Å²) in [4.78, 5) is 16.1. The predicted molar refractivity (Wildman–Crippen MR) is 69.2 cm³/mol. The molecule has 2 heterocycles. The lowest BCUT2D eigenvalue weighted by atomic mass is 10.2. The van der Waals surface area contributed by atoms with E-state index in [1.807, 2.05) is 31.2 Å². The molecule has 0 radical (unpaired) electrons. The predicted octanol–water partition coefficient (Wildman–Crippen LogP) is 1.83. The number of nitrogens with zero attached hydrogens (tertiary/aromatic N) is 3. The lowest BCUT2D eigenvalue weighted by Gasteiger charge is -2.04. The fraction of sp³-hybridized carbons (Fsp3) is 0.154. The van der Waals surface area contributed by atoms with Gasteiger partial charge in [0.2, 0.25) is 0 Å². The molecule has 1 aromatic carbocycles. The van der Waals surface area contributed by atoms with Crippen molar-refractivity contribution in [3.8, 4) is 17.2 Å². The van der Waals surface area contributed by atoms with Crippen LogP contribution in [0.2, 0.25) is 0 Å². The Labute approximate surface area is 108 Å². The Hall–Kier alpha value is -2.63.